The van der Waals surface area contributed by atoms with Crippen LogP contribution >= 0.6 is 35.6 Å². The molecule has 0 radical (unpaired) electrons. The molecule has 2 aromatic carbocycles. The third-order valence-electron chi connectivity index (χ3n) is 4.50. The van der Waals surface area contributed by atoms with Crippen LogP contribution in [-0.2, 0) is 19.7 Å². The van der Waals surface area contributed by atoms with E-state index in [-0.39, 0.29) is 25.0 Å². The molecule has 1 amide bonds. The van der Waals surface area contributed by atoms with Gasteiger partial charge in [-0.25, -0.2) is 4.68 Å². The highest BCUT2D eigenvalue weighted by atomic mass is 35.5. The van der Waals surface area contributed by atoms with Crippen molar-refractivity contribution in [3.63, 3.8) is 0 Å². The Morgan fingerprint density at radius 3 is 2.86 bits per heavy atom. The first kappa shape index (κ1) is 21.5. The van der Waals surface area contributed by atoms with E-state index < -0.39 is 0 Å². The quantitative estimate of drug-likeness (QED) is 0.595. The Labute approximate surface area is 184 Å². The van der Waals surface area contributed by atoms with E-state index in [1.807, 2.05) is 18.2 Å². The van der Waals surface area contributed by atoms with Crippen molar-refractivity contribution in [1.29, 1.82) is 0 Å². The molecule has 0 aliphatic carbocycles. The molecular formula is C20H19Cl3N4O2. The molecule has 1 aliphatic rings. The van der Waals surface area contributed by atoms with Gasteiger partial charge < -0.3 is 15.4 Å². The zero-order valence-corrected chi connectivity index (χ0v) is 17.7. The van der Waals surface area contributed by atoms with E-state index in [0.29, 0.717) is 27.0 Å². The minimum absolute atomic E-state index is 0. The van der Waals surface area contributed by atoms with Crippen LogP contribution in [0.2, 0.25) is 10.0 Å². The smallest absolute Gasteiger partial charge is 0.255 e. The molecule has 2 heterocycles. The summed E-state index contributed by atoms with van der Waals surface area (Å²) in [7, 11) is 0. The Kier molecular flexibility index (Phi) is 7.03. The normalized spacial score (nSPS) is 12.6. The van der Waals surface area contributed by atoms with Crippen molar-refractivity contribution < 1.29 is 9.53 Å². The monoisotopic (exact) mass is 452 g/mol. The van der Waals surface area contributed by atoms with Gasteiger partial charge in [-0.2, -0.15) is 5.10 Å². The average molecular weight is 454 g/mol. The summed E-state index contributed by atoms with van der Waals surface area (Å²) in [6.07, 6.45) is 4.22. The number of nitrogens with one attached hydrogen (secondary N) is 2. The summed E-state index contributed by atoms with van der Waals surface area (Å²) in [4.78, 5) is 12.5. The van der Waals surface area contributed by atoms with E-state index in [9.17, 15) is 4.79 Å². The van der Waals surface area contributed by atoms with Crippen molar-refractivity contribution in [1.82, 2.24) is 15.1 Å². The zero-order chi connectivity index (χ0) is 19.5. The summed E-state index contributed by atoms with van der Waals surface area (Å²) in [5, 5.41) is 11.3. The summed E-state index contributed by atoms with van der Waals surface area (Å²) in [5.41, 5.74) is 3.70. The highest BCUT2D eigenvalue weighted by Crippen LogP contribution is 2.26. The van der Waals surface area contributed by atoms with Gasteiger partial charge >= 0.3 is 0 Å². The van der Waals surface area contributed by atoms with Gasteiger partial charge in [0.2, 0.25) is 0 Å². The fourth-order valence-corrected chi connectivity index (χ4v) is 3.32. The molecule has 0 atom stereocenters. The molecule has 2 N–H and O–H groups in total. The predicted octanol–water partition coefficient (Wildman–Crippen LogP) is 4.55. The lowest BCUT2D eigenvalue weighted by molar-refractivity contribution is 0.102. The predicted molar refractivity (Wildman–Crippen MR) is 116 cm³/mol. The first-order valence-electron chi connectivity index (χ1n) is 8.83. The van der Waals surface area contributed by atoms with Crippen molar-refractivity contribution in [3.8, 4) is 5.75 Å². The summed E-state index contributed by atoms with van der Waals surface area (Å²) in [6, 6.07) is 10.9. The minimum atomic E-state index is -0.161. The van der Waals surface area contributed by atoms with Crippen LogP contribution in [0.4, 0.5) is 5.69 Å². The van der Waals surface area contributed by atoms with Gasteiger partial charge in [0.05, 0.1) is 28.1 Å². The highest BCUT2D eigenvalue weighted by molar-refractivity contribution is 6.42. The van der Waals surface area contributed by atoms with E-state index >= 15 is 0 Å². The first-order chi connectivity index (χ1) is 13.6. The van der Waals surface area contributed by atoms with Crippen molar-refractivity contribution in [2.75, 3.05) is 11.9 Å². The second-order valence-electron chi connectivity index (χ2n) is 6.48. The van der Waals surface area contributed by atoms with Crippen molar-refractivity contribution in [3.05, 3.63) is 75.5 Å². The molecule has 0 fully saturated rings. The number of hydrogen-bond acceptors (Lipinski definition) is 4. The van der Waals surface area contributed by atoms with Crippen molar-refractivity contribution in [2.24, 2.45) is 0 Å². The molecule has 4 rings (SSSR count). The molecule has 1 aromatic heterocycles. The standard InChI is InChI=1S/C20H18Cl2N4O2.ClH/c21-18-4-3-17(8-19(18)22)28-12-26-11-16(10-24-26)25-20(27)14-1-2-15-9-23-6-5-13(15)7-14;/h1-4,7-8,10-11,23H,5-6,9,12H2,(H,25,27);1H. The average Bonchev–Trinajstić information content (AvgIpc) is 3.16. The van der Waals surface area contributed by atoms with E-state index in [4.69, 9.17) is 27.9 Å². The van der Waals surface area contributed by atoms with Gasteiger partial charge in [0.15, 0.2) is 6.73 Å². The number of halogens is 3. The lowest BCUT2D eigenvalue weighted by atomic mass is 9.98. The van der Waals surface area contributed by atoms with Gasteiger partial charge in [-0.3, -0.25) is 4.79 Å². The van der Waals surface area contributed by atoms with Crippen LogP contribution in [-0.4, -0.2) is 22.2 Å². The number of nitrogens with zero attached hydrogens (tertiary/aromatic N) is 2. The Hall–Kier alpha value is -2.25. The molecular weight excluding hydrogens is 435 g/mol. The molecule has 3 aromatic rings. The number of carbonyl (C=O) groups is 1. The van der Waals surface area contributed by atoms with Gasteiger partial charge in [-0.15, -0.1) is 12.4 Å². The molecule has 1 aliphatic heterocycles. The molecule has 0 bridgehead atoms. The first-order valence-corrected chi connectivity index (χ1v) is 9.58. The summed E-state index contributed by atoms with van der Waals surface area (Å²) in [5.74, 6) is 0.422. The van der Waals surface area contributed by atoms with Gasteiger partial charge in [0, 0.05) is 18.2 Å². The second kappa shape index (κ2) is 9.50. The molecule has 0 unspecified atom stereocenters. The fraction of sp³-hybridized carbons (Fsp3) is 0.200. The number of aromatic nitrogens is 2. The number of carbonyl (C=O) groups excluding carboxylic acids is 1. The lowest BCUT2D eigenvalue weighted by Gasteiger charge is -2.17. The molecule has 9 heteroatoms. The Morgan fingerprint density at radius 1 is 1.17 bits per heavy atom. The van der Waals surface area contributed by atoms with Crippen LogP contribution < -0.4 is 15.4 Å². The van der Waals surface area contributed by atoms with Crippen LogP contribution in [0.25, 0.3) is 0 Å². The lowest BCUT2D eigenvalue weighted by Crippen LogP contribution is -2.24. The Balaban J connectivity index is 0.00000240. The summed E-state index contributed by atoms with van der Waals surface area (Å²) < 4.78 is 7.21. The number of benzene rings is 2. The summed E-state index contributed by atoms with van der Waals surface area (Å²) in [6.45, 7) is 1.96. The number of rotatable bonds is 5. The molecule has 0 spiro atoms. The Morgan fingerprint density at radius 2 is 2.03 bits per heavy atom. The molecule has 0 saturated carbocycles. The van der Waals surface area contributed by atoms with Gasteiger partial charge in [0.1, 0.15) is 5.75 Å². The van der Waals surface area contributed by atoms with Crippen LogP contribution in [0, 0.1) is 0 Å². The van der Waals surface area contributed by atoms with Crippen molar-refractivity contribution >= 4 is 47.2 Å². The van der Waals surface area contributed by atoms with Gasteiger partial charge in [-0.1, -0.05) is 29.3 Å². The van der Waals surface area contributed by atoms with Gasteiger partial charge in [-0.05, 0) is 48.4 Å². The third kappa shape index (κ3) is 5.22. The fourth-order valence-electron chi connectivity index (χ4n) is 3.03. The highest BCUT2D eigenvalue weighted by Gasteiger charge is 2.13. The van der Waals surface area contributed by atoms with Crippen LogP contribution in [0.15, 0.2) is 48.8 Å². The van der Waals surface area contributed by atoms with E-state index in [2.05, 4.69) is 15.7 Å². The SMILES string of the molecule is Cl.O=C(Nc1cnn(COc2ccc(Cl)c(Cl)c2)c1)c1ccc2c(c1)CCNC2. The Bertz CT molecular complexity index is 1020. The largest absolute Gasteiger partial charge is 0.471 e. The molecule has 6 nitrogen and oxygen atoms in total. The van der Waals surface area contributed by atoms with Gasteiger partial charge in [0.25, 0.3) is 5.91 Å². The maximum atomic E-state index is 12.5. The topological polar surface area (TPSA) is 68.2 Å². The second-order valence-corrected chi connectivity index (χ2v) is 7.30. The van der Waals surface area contributed by atoms with E-state index in [1.165, 1.54) is 11.1 Å². The molecule has 0 saturated heterocycles. The maximum absolute atomic E-state index is 12.5. The number of fused-ring (bicyclic) bond motifs is 1. The van der Waals surface area contributed by atoms with E-state index in [1.54, 1.807) is 35.3 Å². The maximum Gasteiger partial charge on any atom is 0.255 e. The minimum Gasteiger partial charge on any atom is -0.471 e. The zero-order valence-electron chi connectivity index (χ0n) is 15.3. The third-order valence-corrected chi connectivity index (χ3v) is 5.24. The number of anilines is 1. The molecule has 152 valence electrons. The number of ether oxygens (including phenoxy) is 1. The van der Waals surface area contributed by atoms with E-state index in [0.717, 1.165) is 19.5 Å². The van der Waals surface area contributed by atoms with Crippen molar-refractivity contribution in [2.45, 2.75) is 19.7 Å². The number of amides is 1. The van der Waals surface area contributed by atoms with Crippen LogP contribution in [0.5, 0.6) is 5.75 Å². The summed E-state index contributed by atoms with van der Waals surface area (Å²) >= 11 is 11.9. The number of hydrogen-bond donors (Lipinski definition) is 2. The molecule has 29 heavy (non-hydrogen) atoms. The van der Waals surface area contributed by atoms with Crippen LogP contribution in [0.3, 0.4) is 0 Å². The van der Waals surface area contributed by atoms with Crippen LogP contribution in [0.1, 0.15) is 21.5 Å².